The van der Waals surface area contributed by atoms with Crippen LogP contribution in [0.2, 0.25) is 5.02 Å². The van der Waals surface area contributed by atoms with Crippen molar-refractivity contribution in [3.8, 4) is 11.4 Å². The number of aromatic amines is 1. The molecular weight excluding hydrogens is 315 g/mol. The molecule has 2 aromatic heterocycles. The zero-order valence-electron chi connectivity index (χ0n) is 13.8. The normalized spacial score (nSPS) is 11.3. The molecule has 120 valence electrons. The Kier molecular flexibility index (Phi) is 3.76. The Morgan fingerprint density at radius 2 is 1.83 bits per heavy atom. The molecule has 0 saturated carbocycles. The SMILES string of the molecule is Cc1[nH]c2nc(-c3ccc(Cl)c(N(C)C)c3F)nc(C)c2c1C. The van der Waals surface area contributed by atoms with Crippen LogP contribution in [0.15, 0.2) is 12.1 Å². The van der Waals surface area contributed by atoms with Gasteiger partial charge in [-0.1, -0.05) is 11.6 Å². The van der Waals surface area contributed by atoms with Crippen LogP contribution < -0.4 is 4.90 Å². The molecule has 0 saturated heterocycles. The lowest BCUT2D eigenvalue weighted by Gasteiger charge is -2.17. The maximum Gasteiger partial charge on any atom is 0.164 e. The highest BCUT2D eigenvalue weighted by molar-refractivity contribution is 6.33. The lowest BCUT2D eigenvalue weighted by molar-refractivity contribution is 0.628. The summed E-state index contributed by atoms with van der Waals surface area (Å²) in [6, 6.07) is 3.29. The van der Waals surface area contributed by atoms with Gasteiger partial charge in [-0.15, -0.1) is 0 Å². The molecule has 1 aromatic carbocycles. The van der Waals surface area contributed by atoms with Crippen LogP contribution in [0.5, 0.6) is 0 Å². The molecule has 0 amide bonds. The highest BCUT2D eigenvalue weighted by Gasteiger charge is 2.19. The fraction of sp³-hybridized carbons (Fsp3) is 0.294. The van der Waals surface area contributed by atoms with Gasteiger partial charge < -0.3 is 9.88 Å². The van der Waals surface area contributed by atoms with Crippen LogP contribution in [0.3, 0.4) is 0 Å². The van der Waals surface area contributed by atoms with Crippen molar-refractivity contribution in [2.24, 2.45) is 0 Å². The van der Waals surface area contributed by atoms with E-state index in [1.165, 1.54) is 0 Å². The molecule has 0 bridgehead atoms. The summed E-state index contributed by atoms with van der Waals surface area (Å²) >= 11 is 6.11. The molecule has 6 heteroatoms. The van der Waals surface area contributed by atoms with Gasteiger partial charge >= 0.3 is 0 Å². The first-order valence-corrected chi connectivity index (χ1v) is 7.68. The molecule has 0 aliphatic carbocycles. The van der Waals surface area contributed by atoms with Crippen LogP contribution >= 0.6 is 11.6 Å². The minimum Gasteiger partial charge on any atom is -0.374 e. The molecule has 0 radical (unpaired) electrons. The van der Waals surface area contributed by atoms with Gasteiger partial charge in [0.2, 0.25) is 0 Å². The Bertz CT molecular complexity index is 915. The number of H-pyrrole nitrogens is 1. The Morgan fingerprint density at radius 1 is 1.13 bits per heavy atom. The maximum atomic E-state index is 14.9. The van der Waals surface area contributed by atoms with E-state index in [2.05, 4.69) is 15.0 Å². The predicted octanol–water partition coefficient (Wildman–Crippen LogP) is 4.41. The van der Waals surface area contributed by atoms with Crippen LogP contribution in [0, 0.1) is 26.6 Å². The summed E-state index contributed by atoms with van der Waals surface area (Å²) in [7, 11) is 3.50. The molecule has 23 heavy (non-hydrogen) atoms. The topological polar surface area (TPSA) is 44.8 Å². The third-order valence-corrected chi connectivity index (χ3v) is 4.39. The highest BCUT2D eigenvalue weighted by atomic mass is 35.5. The summed E-state index contributed by atoms with van der Waals surface area (Å²) in [6.45, 7) is 5.93. The van der Waals surface area contributed by atoms with Crippen molar-refractivity contribution in [2.45, 2.75) is 20.8 Å². The summed E-state index contributed by atoms with van der Waals surface area (Å²) < 4.78 is 14.9. The Morgan fingerprint density at radius 3 is 2.48 bits per heavy atom. The molecular formula is C17H18ClFN4. The number of halogens is 2. The molecule has 0 fully saturated rings. The van der Waals surface area contributed by atoms with E-state index in [1.54, 1.807) is 31.1 Å². The molecule has 0 spiro atoms. The smallest absolute Gasteiger partial charge is 0.164 e. The van der Waals surface area contributed by atoms with Gasteiger partial charge in [0.25, 0.3) is 0 Å². The van der Waals surface area contributed by atoms with Crippen LogP contribution in [-0.4, -0.2) is 29.0 Å². The molecule has 0 aliphatic rings. The predicted molar refractivity (Wildman–Crippen MR) is 92.8 cm³/mol. The number of nitrogens with zero attached hydrogens (tertiary/aromatic N) is 3. The summed E-state index contributed by atoms with van der Waals surface area (Å²) in [5.74, 6) is -0.0604. The fourth-order valence-electron chi connectivity index (χ4n) is 2.82. The summed E-state index contributed by atoms with van der Waals surface area (Å²) in [5.41, 5.74) is 4.39. The Labute approximate surface area is 139 Å². The van der Waals surface area contributed by atoms with E-state index in [-0.39, 0.29) is 0 Å². The number of rotatable bonds is 2. The van der Waals surface area contributed by atoms with E-state index >= 15 is 0 Å². The first-order valence-electron chi connectivity index (χ1n) is 7.30. The zero-order chi connectivity index (χ0) is 16.9. The van der Waals surface area contributed by atoms with Crippen molar-refractivity contribution in [3.05, 3.63) is 39.9 Å². The van der Waals surface area contributed by atoms with Crippen LogP contribution in [0.25, 0.3) is 22.4 Å². The van der Waals surface area contributed by atoms with Gasteiger partial charge in [-0.2, -0.15) is 0 Å². The quantitative estimate of drug-likeness (QED) is 0.756. The van der Waals surface area contributed by atoms with Crippen molar-refractivity contribution >= 4 is 28.3 Å². The number of aromatic nitrogens is 3. The number of benzene rings is 1. The van der Waals surface area contributed by atoms with E-state index in [0.717, 1.165) is 28.0 Å². The lowest BCUT2D eigenvalue weighted by Crippen LogP contribution is -2.12. The third-order valence-electron chi connectivity index (χ3n) is 4.09. The second kappa shape index (κ2) is 5.49. The maximum absolute atomic E-state index is 14.9. The van der Waals surface area contributed by atoms with E-state index in [1.807, 2.05) is 20.8 Å². The van der Waals surface area contributed by atoms with Crippen LogP contribution in [-0.2, 0) is 0 Å². The largest absolute Gasteiger partial charge is 0.374 e. The second-order valence-electron chi connectivity index (χ2n) is 5.88. The monoisotopic (exact) mass is 332 g/mol. The minimum absolute atomic E-state index is 0.337. The average molecular weight is 333 g/mol. The molecule has 1 N–H and O–H groups in total. The van der Waals surface area contributed by atoms with E-state index in [0.29, 0.717) is 22.1 Å². The fourth-order valence-corrected chi connectivity index (χ4v) is 3.13. The first-order chi connectivity index (χ1) is 10.8. The number of aryl methyl sites for hydroxylation is 3. The lowest BCUT2D eigenvalue weighted by atomic mass is 10.1. The molecule has 3 rings (SSSR count). The molecule has 0 unspecified atom stereocenters. The Hall–Kier alpha value is -2.14. The molecule has 0 aliphatic heterocycles. The van der Waals surface area contributed by atoms with E-state index < -0.39 is 5.82 Å². The van der Waals surface area contributed by atoms with Crippen molar-refractivity contribution in [2.75, 3.05) is 19.0 Å². The van der Waals surface area contributed by atoms with Crippen molar-refractivity contribution < 1.29 is 4.39 Å². The summed E-state index contributed by atoms with van der Waals surface area (Å²) in [6.07, 6.45) is 0. The van der Waals surface area contributed by atoms with Crippen molar-refractivity contribution in [3.63, 3.8) is 0 Å². The molecule has 0 atom stereocenters. The number of hydrogen-bond donors (Lipinski definition) is 1. The average Bonchev–Trinajstić information content (AvgIpc) is 2.74. The third kappa shape index (κ3) is 2.45. The zero-order valence-corrected chi connectivity index (χ0v) is 14.5. The van der Waals surface area contributed by atoms with Gasteiger partial charge in [0, 0.05) is 25.2 Å². The van der Waals surface area contributed by atoms with Gasteiger partial charge in [-0.25, -0.2) is 14.4 Å². The van der Waals surface area contributed by atoms with Gasteiger partial charge in [0.15, 0.2) is 11.6 Å². The standard InChI is InChI=1S/C17H18ClFN4/c1-8-9(2)20-17-13(8)10(3)21-16(22-17)11-6-7-12(18)15(14(11)19)23(4)5/h6-7H,1-5H3,(H,20,21,22). The number of anilines is 1. The second-order valence-corrected chi connectivity index (χ2v) is 6.29. The molecule has 4 nitrogen and oxygen atoms in total. The summed E-state index contributed by atoms with van der Waals surface area (Å²) in [5, 5.41) is 1.36. The van der Waals surface area contributed by atoms with Gasteiger partial charge in [-0.05, 0) is 38.5 Å². The first kappa shape index (κ1) is 15.7. The summed E-state index contributed by atoms with van der Waals surface area (Å²) in [4.78, 5) is 13.9. The van der Waals surface area contributed by atoms with Crippen LogP contribution in [0.4, 0.5) is 10.1 Å². The van der Waals surface area contributed by atoms with Gasteiger partial charge in [0.1, 0.15) is 5.65 Å². The highest BCUT2D eigenvalue weighted by Crippen LogP contribution is 2.34. The van der Waals surface area contributed by atoms with Crippen molar-refractivity contribution in [1.29, 1.82) is 0 Å². The number of fused-ring (bicyclic) bond motifs is 1. The minimum atomic E-state index is -0.416. The molecule has 2 heterocycles. The number of hydrogen-bond acceptors (Lipinski definition) is 3. The van der Waals surface area contributed by atoms with E-state index in [9.17, 15) is 4.39 Å². The van der Waals surface area contributed by atoms with E-state index in [4.69, 9.17) is 11.6 Å². The molecule has 3 aromatic rings. The number of nitrogens with one attached hydrogen (secondary N) is 1. The Balaban J connectivity index is 2.28. The van der Waals surface area contributed by atoms with Crippen molar-refractivity contribution in [1.82, 2.24) is 15.0 Å². The van der Waals surface area contributed by atoms with Gasteiger partial charge in [0.05, 0.1) is 22.0 Å². The van der Waals surface area contributed by atoms with Crippen LogP contribution in [0.1, 0.15) is 17.0 Å². The van der Waals surface area contributed by atoms with Gasteiger partial charge in [-0.3, -0.25) is 0 Å².